The summed E-state index contributed by atoms with van der Waals surface area (Å²) in [7, 11) is -2.13. The topological polar surface area (TPSA) is 108 Å². The van der Waals surface area contributed by atoms with E-state index in [0.717, 1.165) is 14.2 Å². The second-order valence-electron chi connectivity index (χ2n) is 5.51. The zero-order valence-corrected chi connectivity index (χ0v) is 17.2. The highest BCUT2D eigenvalue weighted by Gasteiger charge is 2.32. The van der Waals surface area contributed by atoms with Gasteiger partial charge in [0, 0.05) is 12.1 Å². The summed E-state index contributed by atoms with van der Waals surface area (Å²) in [6.07, 6.45) is 0. The first kappa shape index (κ1) is 22.7. The lowest BCUT2D eigenvalue weighted by molar-refractivity contribution is -0.0504. The molecule has 0 radical (unpaired) electrons. The van der Waals surface area contributed by atoms with E-state index in [4.69, 9.17) is 0 Å². The quantitative estimate of drug-likeness (QED) is 0.618. The maximum atomic E-state index is 12.8. The van der Waals surface area contributed by atoms with E-state index in [1.54, 1.807) is 0 Å². The van der Waals surface area contributed by atoms with Crippen LogP contribution in [0.3, 0.4) is 0 Å². The van der Waals surface area contributed by atoms with Crippen LogP contribution in [0.2, 0.25) is 0 Å². The highest BCUT2D eigenvalue weighted by atomic mass is 32.2. The number of hydrogen-bond donors (Lipinski definition) is 1. The van der Waals surface area contributed by atoms with Crippen LogP contribution in [-0.4, -0.2) is 41.2 Å². The first-order valence-electron chi connectivity index (χ1n) is 7.94. The van der Waals surface area contributed by atoms with Gasteiger partial charge in [-0.3, -0.25) is 0 Å². The summed E-state index contributed by atoms with van der Waals surface area (Å²) in [6.45, 7) is -2.09. The average molecular weight is 449 g/mol. The Balaban J connectivity index is 2.42. The van der Waals surface area contributed by atoms with Gasteiger partial charge >= 0.3 is 18.6 Å². The number of halogens is 2. The largest absolute Gasteiger partial charge is 0.465 e. The molecule has 1 aromatic carbocycles. The number of methoxy groups -OCH3 is 2. The van der Waals surface area contributed by atoms with Crippen LogP contribution in [0, 0.1) is 6.92 Å². The molecule has 0 fully saturated rings. The first-order valence-corrected chi connectivity index (χ1v) is 10.2. The number of carbonyl (C=O) groups is 2. The molecule has 0 saturated carbocycles. The number of benzene rings is 1. The zero-order valence-electron chi connectivity index (χ0n) is 15.5. The van der Waals surface area contributed by atoms with E-state index in [1.165, 1.54) is 31.2 Å². The molecule has 0 bridgehead atoms. The minimum Gasteiger partial charge on any atom is -0.465 e. The normalized spacial score (nSPS) is 11.4. The van der Waals surface area contributed by atoms with E-state index in [2.05, 4.69) is 18.9 Å². The number of sulfonamides is 1. The maximum Gasteiger partial charge on any atom is 0.387 e. The van der Waals surface area contributed by atoms with Gasteiger partial charge in [0.15, 0.2) is 4.21 Å². The van der Waals surface area contributed by atoms with Gasteiger partial charge in [-0.15, -0.1) is 11.3 Å². The molecular weight excluding hydrogens is 432 g/mol. The summed E-state index contributed by atoms with van der Waals surface area (Å²) < 4.78 is 66.0. The van der Waals surface area contributed by atoms with Crippen molar-refractivity contribution in [2.24, 2.45) is 0 Å². The number of para-hydroxylation sites is 1. The molecule has 158 valence electrons. The summed E-state index contributed by atoms with van der Waals surface area (Å²) in [5, 5.41) is 0. The Morgan fingerprint density at radius 2 is 1.76 bits per heavy atom. The summed E-state index contributed by atoms with van der Waals surface area (Å²) in [5.74, 6) is -1.96. The van der Waals surface area contributed by atoms with E-state index in [9.17, 15) is 26.8 Å². The van der Waals surface area contributed by atoms with Crippen LogP contribution < -0.4 is 9.46 Å². The van der Waals surface area contributed by atoms with Gasteiger partial charge in [0.25, 0.3) is 10.0 Å². The molecular formula is C17H17F2NO7S2. The molecule has 0 amide bonds. The number of ether oxygens (including phenoxy) is 3. The Kier molecular flexibility index (Phi) is 7.27. The Morgan fingerprint density at radius 3 is 2.34 bits per heavy atom. The molecule has 1 N–H and O–H groups in total. The third-order valence-electron chi connectivity index (χ3n) is 3.76. The smallest absolute Gasteiger partial charge is 0.387 e. The van der Waals surface area contributed by atoms with Gasteiger partial charge in [-0.1, -0.05) is 18.2 Å². The molecule has 0 spiro atoms. The highest BCUT2D eigenvalue weighted by Crippen LogP contribution is 2.33. The predicted octanol–water partition coefficient (Wildman–Crippen LogP) is 2.71. The molecule has 2 rings (SSSR count). The molecule has 0 aliphatic carbocycles. The van der Waals surface area contributed by atoms with Gasteiger partial charge < -0.3 is 14.2 Å². The summed E-state index contributed by atoms with van der Waals surface area (Å²) in [6, 6.07) is 5.64. The molecule has 0 aliphatic heterocycles. The van der Waals surface area contributed by atoms with Crippen LogP contribution in [0.15, 0.2) is 28.5 Å². The second kappa shape index (κ2) is 9.29. The Bertz CT molecular complexity index is 1020. The van der Waals surface area contributed by atoms with Crippen LogP contribution in [0.4, 0.5) is 8.78 Å². The molecule has 12 heteroatoms. The van der Waals surface area contributed by atoms with Crippen molar-refractivity contribution < 1.29 is 41.0 Å². The van der Waals surface area contributed by atoms with Crippen LogP contribution >= 0.6 is 11.3 Å². The third-order valence-corrected chi connectivity index (χ3v) is 6.95. The van der Waals surface area contributed by atoms with Crippen molar-refractivity contribution in [3.8, 4) is 5.75 Å². The number of hydrogen-bond acceptors (Lipinski definition) is 8. The fourth-order valence-electron chi connectivity index (χ4n) is 2.40. The third kappa shape index (κ3) is 5.08. The molecule has 0 unspecified atom stereocenters. The Hall–Kier alpha value is -2.57. The van der Waals surface area contributed by atoms with Gasteiger partial charge in [0.1, 0.15) is 10.6 Å². The molecule has 0 saturated heterocycles. The van der Waals surface area contributed by atoms with Crippen molar-refractivity contribution in [2.75, 3.05) is 14.2 Å². The van der Waals surface area contributed by atoms with Crippen molar-refractivity contribution in [1.29, 1.82) is 0 Å². The average Bonchev–Trinajstić information content (AvgIpc) is 3.03. The number of esters is 2. The van der Waals surface area contributed by atoms with Crippen molar-refractivity contribution in [3.63, 3.8) is 0 Å². The van der Waals surface area contributed by atoms with Crippen LogP contribution in [0.5, 0.6) is 5.75 Å². The monoisotopic (exact) mass is 449 g/mol. The van der Waals surface area contributed by atoms with E-state index in [0.29, 0.717) is 11.3 Å². The highest BCUT2D eigenvalue weighted by molar-refractivity contribution is 7.91. The van der Waals surface area contributed by atoms with Gasteiger partial charge in [-0.2, -0.15) is 8.78 Å². The number of thiophene rings is 1. The molecule has 1 heterocycles. The number of carbonyl (C=O) groups excluding carboxylic acids is 2. The van der Waals surface area contributed by atoms with Gasteiger partial charge in [0.2, 0.25) is 0 Å². The summed E-state index contributed by atoms with van der Waals surface area (Å²) >= 11 is 0.542. The molecule has 0 aliphatic rings. The maximum absolute atomic E-state index is 12.8. The van der Waals surface area contributed by atoms with Crippen molar-refractivity contribution in [2.45, 2.75) is 24.3 Å². The lowest BCUT2D eigenvalue weighted by Crippen LogP contribution is -2.24. The molecule has 2 aromatic rings. The minimum atomic E-state index is -4.32. The van der Waals surface area contributed by atoms with Gasteiger partial charge in [0.05, 0.1) is 19.8 Å². The van der Waals surface area contributed by atoms with Gasteiger partial charge in [-0.05, 0) is 18.6 Å². The van der Waals surface area contributed by atoms with Crippen molar-refractivity contribution >= 4 is 33.3 Å². The molecule has 8 nitrogen and oxygen atoms in total. The Labute approximate surface area is 169 Å². The van der Waals surface area contributed by atoms with Crippen molar-refractivity contribution in [1.82, 2.24) is 4.72 Å². The zero-order chi connectivity index (χ0) is 21.8. The summed E-state index contributed by atoms with van der Waals surface area (Å²) in [5.41, 5.74) is -0.0597. The van der Waals surface area contributed by atoms with Crippen molar-refractivity contribution in [3.05, 3.63) is 45.8 Å². The fourth-order valence-corrected chi connectivity index (χ4v) is 5.19. The number of alkyl halides is 2. The lowest BCUT2D eigenvalue weighted by Gasteiger charge is -2.11. The van der Waals surface area contributed by atoms with Crippen LogP contribution in [0.1, 0.15) is 31.2 Å². The second-order valence-corrected chi connectivity index (χ2v) is 8.50. The summed E-state index contributed by atoms with van der Waals surface area (Å²) in [4.78, 5) is 23.9. The fraction of sp³-hybridized carbons (Fsp3) is 0.294. The number of nitrogens with one attached hydrogen (secondary N) is 1. The Morgan fingerprint density at radius 1 is 1.14 bits per heavy atom. The van der Waals surface area contributed by atoms with Gasteiger partial charge in [-0.25, -0.2) is 22.7 Å². The minimum absolute atomic E-state index is 0.0743. The van der Waals surface area contributed by atoms with Crippen LogP contribution in [-0.2, 0) is 26.0 Å². The van der Waals surface area contributed by atoms with E-state index >= 15 is 0 Å². The molecule has 1 aromatic heterocycles. The van der Waals surface area contributed by atoms with E-state index < -0.39 is 39.3 Å². The predicted molar refractivity (Wildman–Crippen MR) is 98.8 cm³/mol. The van der Waals surface area contributed by atoms with E-state index in [1.807, 2.05) is 0 Å². The molecule has 29 heavy (non-hydrogen) atoms. The first-order chi connectivity index (χ1) is 13.6. The number of rotatable bonds is 8. The standard InChI is InChI=1S/C17H17F2NO7S2/c1-9-12(14(21)25-2)16(28-13(9)15(22)26-3)29(23,24)20-8-10-6-4-5-7-11(10)27-17(18)19/h4-7,17,20H,8H2,1-3H3. The molecule has 0 atom stereocenters. The SMILES string of the molecule is COC(=O)c1sc(S(=O)(=O)NCc2ccccc2OC(F)F)c(C(=O)OC)c1C. The van der Waals surface area contributed by atoms with E-state index in [-0.39, 0.29) is 27.3 Å². The lowest BCUT2D eigenvalue weighted by atomic mass is 10.2. The van der Waals surface area contributed by atoms with Crippen LogP contribution in [0.25, 0.3) is 0 Å².